The molecule has 0 heterocycles. The topological polar surface area (TPSA) is 81.4 Å². The molecule has 0 aromatic heterocycles. The molecule has 0 atom stereocenters. The molecule has 1 N–H and O–H groups in total. The van der Waals surface area contributed by atoms with E-state index in [2.05, 4.69) is 0 Å². The maximum atomic E-state index is 11.8. The highest BCUT2D eigenvalue weighted by molar-refractivity contribution is 6.01. The van der Waals surface area contributed by atoms with E-state index in [9.17, 15) is 9.59 Å². The number of nitrogens with zero attached hydrogens (tertiary/aromatic N) is 2. The zero-order valence-corrected chi connectivity index (χ0v) is 12.2. The summed E-state index contributed by atoms with van der Waals surface area (Å²) in [7, 11) is 3.19. The van der Waals surface area contributed by atoms with Crippen LogP contribution in [0.15, 0.2) is 29.8 Å². The van der Waals surface area contributed by atoms with Crippen LogP contribution in [-0.2, 0) is 16.0 Å². The summed E-state index contributed by atoms with van der Waals surface area (Å²) in [5.41, 5.74) is 1.82. The highest BCUT2D eigenvalue weighted by atomic mass is 16.4. The monoisotopic (exact) mass is 286 g/mol. The predicted molar refractivity (Wildman–Crippen MR) is 79.3 cm³/mol. The molecule has 1 aromatic carbocycles. The first-order valence-corrected chi connectivity index (χ1v) is 6.58. The van der Waals surface area contributed by atoms with Crippen LogP contribution >= 0.6 is 0 Å². The van der Waals surface area contributed by atoms with Gasteiger partial charge in [0, 0.05) is 20.5 Å². The van der Waals surface area contributed by atoms with Crippen LogP contribution in [0.1, 0.15) is 24.0 Å². The normalized spacial score (nSPS) is 10.8. The minimum absolute atomic E-state index is 0.0719. The number of carboxylic acids is 1. The average Bonchev–Trinajstić information content (AvgIpc) is 2.44. The Bertz CT molecular complexity index is 598. The van der Waals surface area contributed by atoms with Crippen molar-refractivity contribution in [3.63, 3.8) is 0 Å². The van der Waals surface area contributed by atoms with E-state index in [-0.39, 0.29) is 17.9 Å². The molecule has 0 saturated carbocycles. The van der Waals surface area contributed by atoms with E-state index >= 15 is 0 Å². The number of likely N-dealkylation sites (N-methyl/N-ethyl adjacent to an activating group) is 1. The highest BCUT2D eigenvalue weighted by Crippen LogP contribution is 2.13. The molecule has 0 radical (unpaired) electrons. The van der Waals surface area contributed by atoms with Gasteiger partial charge in [-0.25, -0.2) is 0 Å². The van der Waals surface area contributed by atoms with Crippen molar-refractivity contribution < 1.29 is 14.7 Å². The molecule has 110 valence electrons. The molecule has 1 aromatic rings. The summed E-state index contributed by atoms with van der Waals surface area (Å²) in [4.78, 5) is 23.6. The van der Waals surface area contributed by atoms with Gasteiger partial charge in [-0.3, -0.25) is 9.59 Å². The van der Waals surface area contributed by atoms with E-state index < -0.39 is 5.97 Å². The Labute approximate surface area is 124 Å². The van der Waals surface area contributed by atoms with Gasteiger partial charge in [0.15, 0.2) is 0 Å². The molecule has 5 nitrogen and oxygen atoms in total. The maximum Gasteiger partial charge on any atom is 0.303 e. The second kappa shape index (κ2) is 7.85. The molecule has 0 saturated heterocycles. The second-order valence-electron chi connectivity index (χ2n) is 4.86. The molecule has 0 aliphatic heterocycles. The summed E-state index contributed by atoms with van der Waals surface area (Å²) in [5.74, 6) is -1.15. The predicted octanol–water partition coefficient (Wildman–Crippen LogP) is 2.09. The van der Waals surface area contributed by atoms with Crippen molar-refractivity contribution in [1.82, 2.24) is 4.90 Å². The Morgan fingerprint density at radius 3 is 2.67 bits per heavy atom. The number of aryl methyl sites for hydroxylation is 1. The number of hydrogen-bond acceptors (Lipinski definition) is 3. The van der Waals surface area contributed by atoms with Crippen LogP contribution < -0.4 is 0 Å². The third kappa shape index (κ3) is 5.49. The third-order valence-corrected chi connectivity index (χ3v) is 2.88. The summed E-state index contributed by atoms with van der Waals surface area (Å²) in [6.45, 7) is 0. The van der Waals surface area contributed by atoms with E-state index in [0.29, 0.717) is 12.8 Å². The smallest absolute Gasteiger partial charge is 0.303 e. The Balaban J connectivity index is 2.86. The van der Waals surface area contributed by atoms with Gasteiger partial charge < -0.3 is 10.0 Å². The van der Waals surface area contributed by atoms with Crippen LogP contribution in [0.4, 0.5) is 0 Å². The molecular formula is C16H18N2O3. The van der Waals surface area contributed by atoms with Crippen LogP contribution in [0.25, 0.3) is 6.08 Å². The number of nitriles is 1. The summed E-state index contributed by atoms with van der Waals surface area (Å²) < 4.78 is 0. The maximum absolute atomic E-state index is 11.8. The van der Waals surface area contributed by atoms with Gasteiger partial charge in [0.05, 0.1) is 0 Å². The lowest BCUT2D eigenvalue weighted by atomic mass is 10.0. The highest BCUT2D eigenvalue weighted by Gasteiger charge is 2.10. The first kappa shape index (κ1) is 16.4. The number of aliphatic carboxylic acids is 1. The summed E-state index contributed by atoms with van der Waals surface area (Å²) >= 11 is 0. The van der Waals surface area contributed by atoms with Crippen LogP contribution in [0.2, 0.25) is 0 Å². The van der Waals surface area contributed by atoms with E-state index in [1.165, 1.54) is 4.90 Å². The Morgan fingerprint density at radius 2 is 2.10 bits per heavy atom. The number of carbonyl (C=O) groups excluding carboxylic acids is 1. The summed E-state index contributed by atoms with van der Waals surface area (Å²) in [5, 5.41) is 17.7. The van der Waals surface area contributed by atoms with E-state index in [1.807, 2.05) is 24.3 Å². The SMILES string of the molecule is CN(C)C(=O)C(C#N)=Cc1cccc(CCCC(=O)O)c1. The van der Waals surface area contributed by atoms with Crippen molar-refractivity contribution in [2.45, 2.75) is 19.3 Å². The van der Waals surface area contributed by atoms with Crippen molar-refractivity contribution in [3.05, 3.63) is 41.0 Å². The lowest BCUT2D eigenvalue weighted by Crippen LogP contribution is -2.22. The Morgan fingerprint density at radius 1 is 1.38 bits per heavy atom. The number of hydrogen-bond donors (Lipinski definition) is 1. The molecule has 1 rings (SSSR count). The standard InChI is InChI=1S/C16H18N2O3/c1-18(2)16(21)14(11-17)10-13-7-3-5-12(9-13)6-4-8-15(19)20/h3,5,7,9-10H,4,6,8H2,1-2H3,(H,19,20). The third-order valence-electron chi connectivity index (χ3n) is 2.88. The van der Waals surface area contributed by atoms with Gasteiger partial charge in [-0.05, 0) is 30.0 Å². The first-order chi connectivity index (χ1) is 9.93. The van der Waals surface area contributed by atoms with Gasteiger partial charge in [-0.15, -0.1) is 0 Å². The largest absolute Gasteiger partial charge is 0.481 e. The molecule has 21 heavy (non-hydrogen) atoms. The molecule has 5 heteroatoms. The van der Waals surface area contributed by atoms with Crippen LogP contribution in [0.3, 0.4) is 0 Å². The Kier molecular flexibility index (Phi) is 6.15. The van der Waals surface area contributed by atoms with E-state index in [4.69, 9.17) is 10.4 Å². The number of carbonyl (C=O) groups is 2. The van der Waals surface area contributed by atoms with Gasteiger partial charge in [0.25, 0.3) is 5.91 Å². The minimum Gasteiger partial charge on any atom is -0.481 e. The molecule has 0 unspecified atom stereocenters. The van der Waals surface area contributed by atoms with E-state index in [0.717, 1.165) is 11.1 Å². The zero-order valence-electron chi connectivity index (χ0n) is 12.2. The molecule has 0 bridgehead atoms. The van der Waals surface area contributed by atoms with E-state index in [1.54, 1.807) is 26.2 Å². The number of rotatable bonds is 6. The van der Waals surface area contributed by atoms with Gasteiger partial charge >= 0.3 is 5.97 Å². The molecule has 0 aliphatic rings. The average molecular weight is 286 g/mol. The molecular weight excluding hydrogens is 268 g/mol. The number of benzene rings is 1. The van der Waals surface area contributed by atoms with Crippen LogP contribution in [0, 0.1) is 11.3 Å². The summed E-state index contributed by atoms with van der Waals surface area (Å²) in [6, 6.07) is 9.30. The molecule has 0 fully saturated rings. The number of amides is 1. The van der Waals surface area contributed by atoms with Gasteiger partial charge in [0.1, 0.15) is 11.6 Å². The first-order valence-electron chi connectivity index (χ1n) is 6.58. The molecule has 1 amide bonds. The Hall–Kier alpha value is -2.61. The van der Waals surface area contributed by atoms with Crippen molar-refractivity contribution >= 4 is 18.0 Å². The second-order valence-corrected chi connectivity index (χ2v) is 4.86. The molecule has 0 aliphatic carbocycles. The quantitative estimate of drug-likeness (QED) is 0.641. The van der Waals surface area contributed by atoms with Gasteiger partial charge in [0.2, 0.25) is 0 Å². The minimum atomic E-state index is -0.811. The van der Waals surface area contributed by atoms with Gasteiger partial charge in [-0.1, -0.05) is 24.3 Å². The fourth-order valence-corrected chi connectivity index (χ4v) is 1.83. The van der Waals surface area contributed by atoms with Crippen LogP contribution in [-0.4, -0.2) is 36.0 Å². The lowest BCUT2D eigenvalue weighted by molar-refractivity contribution is -0.137. The van der Waals surface area contributed by atoms with Crippen molar-refractivity contribution in [2.75, 3.05) is 14.1 Å². The fourth-order valence-electron chi connectivity index (χ4n) is 1.83. The van der Waals surface area contributed by atoms with Gasteiger partial charge in [-0.2, -0.15) is 5.26 Å². The van der Waals surface area contributed by atoms with Crippen molar-refractivity contribution in [1.29, 1.82) is 5.26 Å². The van der Waals surface area contributed by atoms with Crippen molar-refractivity contribution in [2.24, 2.45) is 0 Å². The lowest BCUT2D eigenvalue weighted by Gasteiger charge is -2.08. The number of carboxylic acid groups (broad SMARTS) is 1. The van der Waals surface area contributed by atoms with Crippen LogP contribution in [0.5, 0.6) is 0 Å². The summed E-state index contributed by atoms with van der Waals surface area (Å²) in [6.07, 6.45) is 2.88. The van der Waals surface area contributed by atoms with Crippen molar-refractivity contribution in [3.8, 4) is 6.07 Å². The zero-order chi connectivity index (χ0) is 15.8. The molecule has 0 spiro atoms. The fraction of sp³-hybridized carbons (Fsp3) is 0.312.